The second-order valence-electron chi connectivity index (χ2n) is 3.32. The van der Waals surface area contributed by atoms with E-state index in [-0.39, 0.29) is 5.92 Å². The Morgan fingerprint density at radius 1 is 1.46 bits per heavy atom. The van der Waals surface area contributed by atoms with Gasteiger partial charge >= 0.3 is 0 Å². The van der Waals surface area contributed by atoms with Gasteiger partial charge < -0.3 is 0 Å². The van der Waals surface area contributed by atoms with E-state index in [1.807, 2.05) is 18.4 Å². The molecule has 1 aromatic rings. The van der Waals surface area contributed by atoms with Gasteiger partial charge in [0.2, 0.25) is 0 Å². The SMILES string of the molecule is CCC(CC)C(=O)c1csc(C)c1. The molecule has 0 radical (unpaired) electrons. The van der Waals surface area contributed by atoms with Crippen LogP contribution in [-0.2, 0) is 0 Å². The van der Waals surface area contributed by atoms with Crippen molar-refractivity contribution in [2.45, 2.75) is 33.6 Å². The third-order valence-electron chi connectivity index (χ3n) is 2.37. The van der Waals surface area contributed by atoms with Crippen molar-refractivity contribution in [1.29, 1.82) is 0 Å². The molecule has 0 atom stereocenters. The topological polar surface area (TPSA) is 17.1 Å². The van der Waals surface area contributed by atoms with Crippen LogP contribution in [0.5, 0.6) is 0 Å². The summed E-state index contributed by atoms with van der Waals surface area (Å²) in [5, 5.41) is 1.97. The molecule has 0 aliphatic rings. The molecule has 1 aromatic heterocycles. The van der Waals surface area contributed by atoms with Gasteiger partial charge in [0, 0.05) is 21.7 Å². The first kappa shape index (κ1) is 10.5. The van der Waals surface area contributed by atoms with Crippen molar-refractivity contribution in [2.75, 3.05) is 0 Å². The summed E-state index contributed by atoms with van der Waals surface area (Å²) in [4.78, 5) is 13.0. The van der Waals surface area contributed by atoms with Gasteiger partial charge in [-0.25, -0.2) is 0 Å². The molecule has 0 aromatic carbocycles. The summed E-state index contributed by atoms with van der Waals surface area (Å²) in [5.41, 5.74) is 0.899. The fourth-order valence-electron chi connectivity index (χ4n) is 1.47. The lowest BCUT2D eigenvalue weighted by molar-refractivity contribution is 0.0914. The fourth-order valence-corrected chi connectivity index (χ4v) is 2.16. The number of thiophene rings is 1. The zero-order valence-corrected chi connectivity index (χ0v) is 9.28. The first-order chi connectivity index (χ1) is 6.19. The van der Waals surface area contributed by atoms with Gasteiger partial charge in [0.1, 0.15) is 0 Å². The van der Waals surface area contributed by atoms with Crippen LogP contribution < -0.4 is 0 Å². The average Bonchev–Trinajstić information content (AvgIpc) is 2.54. The van der Waals surface area contributed by atoms with E-state index in [0.717, 1.165) is 18.4 Å². The van der Waals surface area contributed by atoms with E-state index in [2.05, 4.69) is 13.8 Å². The lowest BCUT2D eigenvalue weighted by atomic mass is 9.94. The fraction of sp³-hybridized carbons (Fsp3) is 0.545. The smallest absolute Gasteiger partial charge is 0.166 e. The monoisotopic (exact) mass is 196 g/mol. The minimum absolute atomic E-state index is 0.217. The second-order valence-corrected chi connectivity index (χ2v) is 4.44. The first-order valence-corrected chi connectivity index (χ1v) is 5.66. The number of ketones is 1. The lowest BCUT2D eigenvalue weighted by Crippen LogP contribution is -2.11. The zero-order valence-electron chi connectivity index (χ0n) is 8.46. The van der Waals surface area contributed by atoms with Gasteiger partial charge in [0.05, 0.1) is 0 Å². The van der Waals surface area contributed by atoms with E-state index in [1.54, 1.807) is 11.3 Å². The Morgan fingerprint density at radius 3 is 2.46 bits per heavy atom. The van der Waals surface area contributed by atoms with Gasteiger partial charge in [0.25, 0.3) is 0 Å². The van der Waals surface area contributed by atoms with Crippen LogP contribution in [-0.4, -0.2) is 5.78 Å². The Kier molecular flexibility index (Phi) is 3.67. The molecule has 1 rings (SSSR count). The van der Waals surface area contributed by atoms with E-state index >= 15 is 0 Å². The summed E-state index contributed by atoms with van der Waals surface area (Å²) in [7, 11) is 0. The first-order valence-electron chi connectivity index (χ1n) is 4.78. The zero-order chi connectivity index (χ0) is 9.84. The number of carbonyl (C=O) groups is 1. The van der Waals surface area contributed by atoms with Gasteiger partial charge in [-0.15, -0.1) is 11.3 Å². The molecule has 0 bridgehead atoms. The molecular weight excluding hydrogens is 180 g/mol. The summed E-state index contributed by atoms with van der Waals surface area (Å²) in [6.45, 7) is 6.19. The molecule has 0 aliphatic carbocycles. The summed E-state index contributed by atoms with van der Waals surface area (Å²) in [6.07, 6.45) is 1.90. The summed E-state index contributed by atoms with van der Waals surface area (Å²) in [5.74, 6) is 0.531. The van der Waals surface area contributed by atoms with Crippen molar-refractivity contribution in [3.05, 3.63) is 21.9 Å². The number of hydrogen-bond acceptors (Lipinski definition) is 2. The highest BCUT2D eigenvalue weighted by molar-refractivity contribution is 7.10. The maximum Gasteiger partial charge on any atom is 0.166 e. The van der Waals surface area contributed by atoms with Crippen LogP contribution in [0, 0.1) is 12.8 Å². The van der Waals surface area contributed by atoms with Crippen molar-refractivity contribution in [2.24, 2.45) is 5.92 Å². The molecule has 0 saturated carbocycles. The number of Topliss-reactive ketones (excluding diaryl/α,β-unsaturated/α-hetero) is 1. The van der Waals surface area contributed by atoms with Crippen LogP contribution in [0.2, 0.25) is 0 Å². The van der Waals surface area contributed by atoms with Gasteiger partial charge in [0.15, 0.2) is 5.78 Å². The number of hydrogen-bond donors (Lipinski definition) is 0. The van der Waals surface area contributed by atoms with Gasteiger partial charge in [-0.1, -0.05) is 13.8 Å². The average molecular weight is 196 g/mol. The highest BCUT2D eigenvalue weighted by Crippen LogP contribution is 2.20. The van der Waals surface area contributed by atoms with Gasteiger partial charge in [-0.2, -0.15) is 0 Å². The molecule has 0 aliphatic heterocycles. The van der Waals surface area contributed by atoms with Gasteiger partial charge in [-0.05, 0) is 25.8 Å². The van der Waals surface area contributed by atoms with Crippen LogP contribution in [0.25, 0.3) is 0 Å². The molecule has 0 unspecified atom stereocenters. The van der Waals surface area contributed by atoms with Crippen molar-refractivity contribution in [1.82, 2.24) is 0 Å². The number of carbonyl (C=O) groups excluding carboxylic acids is 1. The maximum absolute atomic E-state index is 11.8. The van der Waals surface area contributed by atoms with E-state index in [0.29, 0.717) is 5.78 Å². The van der Waals surface area contributed by atoms with E-state index in [1.165, 1.54) is 4.88 Å². The Bertz CT molecular complexity index is 284. The minimum atomic E-state index is 0.217. The maximum atomic E-state index is 11.8. The van der Waals surface area contributed by atoms with Crippen LogP contribution in [0.4, 0.5) is 0 Å². The Labute approximate surface area is 83.8 Å². The molecular formula is C11H16OS. The normalized spacial score (nSPS) is 10.8. The van der Waals surface area contributed by atoms with Crippen LogP contribution in [0.15, 0.2) is 11.4 Å². The molecule has 13 heavy (non-hydrogen) atoms. The molecule has 2 heteroatoms. The quantitative estimate of drug-likeness (QED) is 0.671. The Morgan fingerprint density at radius 2 is 2.08 bits per heavy atom. The molecule has 0 N–H and O–H groups in total. The van der Waals surface area contributed by atoms with E-state index < -0.39 is 0 Å². The van der Waals surface area contributed by atoms with Crippen LogP contribution >= 0.6 is 11.3 Å². The predicted octanol–water partition coefficient (Wildman–Crippen LogP) is 3.68. The third kappa shape index (κ3) is 2.41. The number of aryl methyl sites for hydroxylation is 1. The molecule has 0 amide bonds. The standard InChI is InChI=1S/C11H16OS/c1-4-9(5-2)11(12)10-6-8(3)13-7-10/h6-7,9H,4-5H2,1-3H3. The highest BCUT2D eigenvalue weighted by atomic mass is 32.1. The van der Waals surface area contributed by atoms with Crippen molar-refractivity contribution < 1.29 is 4.79 Å². The molecule has 1 heterocycles. The van der Waals surface area contributed by atoms with Crippen molar-refractivity contribution in [3.8, 4) is 0 Å². The molecule has 1 nitrogen and oxygen atoms in total. The Hall–Kier alpha value is -0.630. The number of rotatable bonds is 4. The van der Waals surface area contributed by atoms with E-state index in [9.17, 15) is 4.79 Å². The highest BCUT2D eigenvalue weighted by Gasteiger charge is 2.16. The van der Waals surface area contributed by atoms with Crippen molar-refractivity contribution >= 4 is 17.1 Å². The molecule has 72 valence electrons. The molecule has 0 saturated heterocycles. The largest absolute Gasteiger partial charge is 0.294 e. The predicted molar refractivity (Wildman–Crippen MR) is 57.5 cm³/mol. The summed E-state index contributed by atoms with van der Waals surface area (Å²) >= 11 is 1.65. The van der Waals surface area contributed by atoms with E-state index in [4.69, 9.17) is 0 Å². The minimum Gasteiger partial charge on any atom is -0.294 e. The summed E-state index contributed by atoms with van der Waals surface area (Å²) < 4.78 is 0. The van der Waals surface area contributed by atoms with Crippen LogP contribution in [0.1, 0.15) is 41.9 Å². The third-order valence-corrected chi connectivity index (χ3v) is 3.23. The van der Waals surface area contributed by atoms with Crippen LogP contribution in [0.3, 0.4) is 0 Å². The molecule has 0 fully saturated rings. The summed E-state index contributed by atoms with van der Waals surface area (Å²) in [6, 6.07) is 1.99. The lowest BCUT2D eigenvalue weighted by Gasteiger charge is -2.08. The Balaban J connectivity index is 2.78. The van der Waals surface area contributed by atoms with Gasteiger partial charge in [-0.3, -0.25) is 4.79 Å². The second kappa shape index (κ2) is 4.56. The van der Waals surface area contributed by atoms with Crippen molar-refractivity contribution in [3.63, 3.8) is 0 Å². The molecule has 0 spiro atoms.